The van der Waals surface area contributed by atoms with Gasteiger partial charge >= 0.3 is 6.18 Å². The molecule has 0 aliphatic carbocycles. The van der Waals surface area contributed by atoms with Crippen LogP contribution in [0.5, 0.6) is 17.2 Å². The van der Waals surface area contributed by atoms with Crippen LogP contribution in [0.3, 0.4) is 0 Å². The van der Waals surface area contributed by atoms with Gasteiger partial charge in [0.25, 0.3) is 0 Å². The Kier molecular flexibility index (Phi) is 7.26. The Morgan fingerprint density at radius 3 is 2.14 bits per heavy atom. The van der Waals surface area contributed by atoms with E-state index in [2.05, 4.69) is 4.99 Å². The van der Waals surface area contributed by atoms with E-state index < -0.39 is 28.6 Å². The minimum atomic E-state index is -4.60. The lowest BCUT2D eigenvalue weighted by Gasteiger charge is -2.15. The van der Waals surface area contributed by atoms with Crippen LogP contribution in [0.25, 0.3) is 0 Å². The quantitative estimate of drug-likeness (QED) is 0.399. The second-order valence-corrected chi connectivity index (χ2v) is 9.46. The third-order valence-electron chi connectivity index (χ3n) is 5.70. The summed E-state index contributed by atoms with van der Waals surface area (Å²) in [6, 6.07) is 12.8. The molecule has 0 bridgehead atoms. The molecular formula is C26H24F3NO5S. The lowest BCUT2D eigenvalue weighted by atomic mass is 10.1. The summed E-state index contributed by atoms with van der Waals surface area (Å²) < 4.78 is 75.8. The topological polar surface area (TPSA) is 66.4 Å². The van der Waals surface area contributed by atoms with Crippen LogP contribution < -0.4 is 14.2 Å². The van der Waals surface area contributed by atoms with Crippen molar-refractivity contribution in [3.05, 3.63) is 76.9 Å². The maximum atomic E-state index is 13.5. The van der Waals surface area contributed by atoms with Crippen LogP contribution in [-0.4, -0.2) is 38.0 Å². The molecule has 0 spiro atoms. The van der Waals surface area contributed by atoms with Crippen molar-refractivity contribution in [1.82, 2.24) is 0 Å². The first-order chi connectivity index (χ1) is 17.2. The fourth-order valence-corrected chi connectivity index (χ4v) is 5.03. The zero-order valence-corrected chi connectivity index (χ0v) is 20.8. The Hall–Kier alpha value is -3.53. The highest BCUT2D eigenvalue weighted by Crippen LogP contribution is 2.41. The summed E-state index contributed by atoms with van der Waals surface area (Å²) in [6.45, 7) is 2.00. The lowest BCUT2D eigenvalue weighted by Crippen LogP contribution is -2.11. The van der Waals surface area contributed by atoms with Crippen LogP contribution in [-0.2, 0) is 21.7 Å². The Morgan fingerprint density at radius 1 is 0.944 bits per heavy atom. The number of hydrogen-bond donors (Lipinski definition) is 0. The van der Waals surface area contributed by atoms with Gasteiger partial charge in [-0.15, -0.1) is 0 Å². The van der Waals surface area contributed by atoms with Gasteiger partial charge in [-0.2, -0.15) is 13.2 Å². The van der Waals surface area contributed by atoms with Crippen LogP contribution in [0.1, 0.15) is 28.3 Å². The normalized spacial score (nSPS) is 16.2. The highest BCUT2D eigenvalue weighted by Gasteiger charge is 2.34. The molecule has 10 heteroatoms. The number of benzene rings is 3. The van der Waals surface area contributed by atoms with Crippen molar-refractivity contribution < 1.29 is 36.3 Å². The van der Waals surface area contributed by atoms with Crippen LogP contribution in [0.15, 0.2) is 69.4 Å². The summed E-state index contributed by atoms with van der Waals surface area (Å²) in [6.07, 6.45) is -4.60. The second-order valence-electron chi connectivity index (χ2n) is 8.01. The highest BCUT2D eigenvalue weighted by molar-refractivity contribution is 7.85. The number of halogens is 3. The van der Waals surface area contributed by atoms with E-state index in [1.807, 2.05) is 6.92 Å². The molecule has 0 N–H and O–H groups in total. The Morgan fingerprint density at radius 2 is 1.58 bits per heavy atom. The van der Waals surface area contributed by atoms with E-state index in [0.717, 1.165) is 17.7 Å². The highest BCUT2D eigenvalue weighted by atomic mass is 32.2. The number of alkyl halides is 3. The number of aliphatic imine (C=N–C) groups is 1. The van der Waals surface area contributed by atoms with Crippen molar-refractivity contribution >= 4 is 16.7 Å². The van der Waals surface area contributed by atoms with Crippen LogP contribution >= 0.6 is 0 Å². The molecule has 4 rings (SSSR count). The number of rotatable bonds is 7. The molecule has 0 aromatic heterocycles. The number of hydrogen-bond acceptors (Lipinski definition) is 6. The molecule has 0 unspecified atom stereocenters. The molecule has 3 aromatic carbocycles. The number of aryl methyl sites for hydroxylation is 1. The summed E-state index contributed by atoms with van der Waals surface area (Å²) in [5, 5.41) is 0. The van der Waals surface area contributed by atoms with Gasteiger partial charge in [-0.3, -0.25) is 0 Å². The average Bonchev–Trinajstić information content (AvgIpc) is 3.37. The molecule has 3 aromatic rings. The van der Waals surface area contributed by atoms with E-state index in [1.165, 1.54) is 27.4 Å². The predicted molar refractivity (Wildman–Crippen MR) is 129 cm³/mol. The van der Waals surface area contributed by atoms with Gasteiger partial charge < -0.3 is 18.9 Å². The van der Waals surface area contributed by atoms with Gasteiger partial charge in [0.2, 0.25) is 11.6 Å². The third kappa shape index (κ3) is 5.04. The SMILES string of the molecule is COc1cc([C@H]2COC(c3ccc(C(F)(F)F)cc3[S@@](=O)c3ccc(C)cc3)=N2)cc(OC)c1OC. The standard InChI is InChI=1S/C26H24F3NO5S/c1-15-5-8-18(9-6-15)36(31)23-13-17(26(27,28)29)7-10-19(23)25-30-20(14-35-25)16-11-21(32-2)24(34-4)22(12-16)33-3/h5-13,20H,14H2,1-4H3/t20-,36+/m1/s1. The van der Waals surface area contributed by atoms with Crippen molar-refractivity contribution in [2.45, 2.75) is 28.9 Å². The van der Waals surface area contributed by atoms with Gasteiger partial charge in [-0.25, -0.2) is 9.20 Å². The molecule has 0 saturated carbocycles. The molecule has 0 amide bonds. The maximum Gasteiger partial charge on any atom is 0.416 e. The molecule has 0 radical (unpaired) electrons. The molecule has 36 heavy (non-hydrogen) atoms. The zero-order valence-electron chi connectivity index (χ0n) is 20.0. The summed E-state index contributed by atoms with van der Waals surface area (Å²) >= 11 is 0. The molecule has 1 heterocycles. The summed E-state index contributed by atoms with van der Waals surface area (Å²) in [5.41, 5.74) is 0.975. The molecular weight excluding hydrogens is 495 g/mol. The fraction of sp³-hybridized carbons (Fsp3) is 0.269. The fourth-order valence-electron chi connectivity index (χ4n) is 3.80. The first-order valence-corrected chi connectivity index (χ1v) is 12.0. The first-order valence-electron chi connectivity index (χ1n) is 10.9. The van der Waals surface area contributed by atoms with Crippen LogP contribution in [0, 0.1) is 6.92 Å². The van der Waals surface area contributed by atoms with Crippen LogP contribution in [0.4, 0.5) is 13.2 Å². The number of ether oxygens (including phenoxy) is 4. The van der Waals surface area contributed by atoms with Gasteiger partial charge in [-0.1, -0.05) is 17.7 Å². The summed E-state index contributed by atoms with van der Waals surface area (Å²) in [7, 11) is 2.59. The largest absolute Gasteiger partial charge is 0.493 e. The van der Waals surface area contributed by atoms with E-state index in [-0.39, 0.29) is 23.0 Å². The molecule has 2 atom stereocenters. The maximum absolute atomic E-state index is 13.5. The number of methoxy groups -OCH3 is 3. The van der Waals surface area contributed by atoms with Gasteiger partial charge in [0.05, 0.1) is 48.2 Å². The van der Waals surface area contributed by atoms with Crippen molar-refractivity contribution in [2.24, 2.45) is 4.99 Å². The molecule has 1 aliphatic rings. The summed E-state index contributed by atoms with van der Waals surface area (Å²) in [5.74, 6) is 1.40. The Bertz CT molecular complexity index is 1300. The minimum Gasteiger partial charge on any atom is -0.493 e. The van der Waals surface area contributed by atoms with Crippen molar-refractivity contribution in [3.8, 4) is 17.2 Å². The summed E-state index contributed by atoms with van der Waals surface area (Å²) in [4.78, 5) is 4.95. The van der Waals surface area contributed by atoms with Crippen molar-refractivity contribution in [2.75, 3.05) is 27.9 Å². The van der Waals surface area contributed by atoms with Gasteiger partial charge in [-0.05, 0) is 55.0 Å². The molecule has 0 saturated heterocycles. The lowest BCUT2D eigenvalue weighted by molar-refractivity contribution is -0.137. The molecule has 6 nitrogen and oxygen atoms in total. The van der Waals surface area contributed by atoms with E-state index in [0.29, 0.717) is 27.7 Å². The van der Waals surface area contributed by atoms with Gasteiger partial charge in [0.1, 0.15) is 12.6 Å². The van der Waals surface area contributed by atoms with Gasteiger partial charge in [0.15, 0.2) is 11.5 Å². The smallest absolute Gasteiger partial charge is 0.416 e. The number of nitrogens with zero attached hydrogens (tertiary/aromatic N) is 1. The Balaban J connectivity index is 1.77. The van der Waals surface area contributed by atoms with E-state index in [1.54, 1.807) is 36.4 Å². The minimum absolute atomic E-state index is 0.0297. The molecule has 0 fully saturated rings. The van der Waals surface area contributed by atoms with E-state index in [9.17, 15) is 17.4 Å². The van der Waals surface area contributed by atoms with Gasteiger partial charge in [0, 0.05) is 4.90 Å². The molecule has 1 aliphatic heterocycles. The average molecular weight is 520 g/mol. The second kappa shape index (κ2) is 10.2. The molecule has 190 valence electrons. The predicted octanol–water partition coefficient (Wildman–Crippen LogP) is 5.72. The van der Waals surface area contributed by atoms with Crippen molar-refractivity contribution in [1.29, 1.82) is 0 Å². The monoisotopic (exact) mass is 519 g/mol. The van der Waals surface area contributed by atoms with Crippen molar-refractivity contribution in [3.63, 3.8) is 0 Å². The first kappa shape index (κ1) is 25.6. The zero-order chi connectivity index (χ0) is 26.0. The van der Waals surface area contributed by atoms with E-state index in [4.69, 9.17) is 18.9 Å². The third-order valence-corrected chi connectivity index (χ3v) is 7.13. The Labute approximate surface area is 209 Å². The van der Waals surface area contributed by atoms with E-state index >= 15 is 0 Å². The van der Waals surface area contributed by atoms with Crippen LogP contribution in [0.2, 0.25) is 0 Å².